The predicted octanol–water partition coefficient (Wildman–Crippen LogP) is 2.91. The Kier molecular flexibility index (Phi) is 12.4. The number of nitrogens with zero attached hydrogens (tertiary/aromatic N) is 2. The first-order valence-corrected chi connectivity index (χ1v) is 9.66. The molecule has 1 aliphatic heterocycles. The van der Waals surface area contributed by atoms with E-state index in [2.05, 4.69) is 36.0 Å². The number of guanidine groups is 1. The maximum atomic E-state index is 5.50. The van der Waals surface area contributed by atoms with Crippen LogP contribution in [0.25, 0.3) is 0 Å². The van der Waals surface area contributed by atoms with Gasteiger partial charge in [-0.3, -0.25) is 9.89 Å². The number of ether oxygens (including phenoxy) is 1. The summed E-state index contributed by atoms with van der Waals surface area (Å²) in [6.07, 6.45) is 5.53. The second kappa shape index (κ2) is 14.0. The molecule has 2 N–H and O–H groups in total. The van der Waals surface area contributed by atoms with Crippen molar-refractivity contribution in [3.05, 3.63) is 36.8 Å². The Hall–Kier alpha value is -1.06. The van der Waals surface area contributed by atoms with Crippen molar-refractivity contribution in [3.63, 3.8) is 0 Å². The highest BCUT2D eigenvalue weighted by Gasteiger charge is 2.21. The average Bonchev–Trinajstić information content (AvgIpc) is 3.16. The molecule has 1 aromatic rings. The molecule has 1 unspecified atom stereocenters. The maximum Gasteiger partial charge on any atom is 0.191 e. The molecule has 1 saturated heterocycles. The van der Waals surface area contributed by atoms with Gasteiger partial charge in [0.05, 0.1) is 26.0 Å². The third-order valence-electron chi connectivity index (χ3n) is 4.42. The fraction of sp³-hybridized carbons (Fsp3) is 0.650. The fourth-order valence-corrected chi connectivity index (χ4v) is 3.12. The molecule has 0 radical (unpaired) electrons. The van der Waals surface area contributed by atoms with Crippen molar-refractivity contribution in [2.75, 3.05) is 45.9 Å². The highest BCUT2D eigenvalue weighted by molar-refractivity contribution is 14.0. The number of morpholine rings is 1. The lowest BCUT2D eigenvalue weighted by Crippen LogP contribution is -2.46. The minimum atomic E-state index is 0. The van der Waals surface area contributed by atoms with Crippen LogP contribution in [0.1, 0.15) is 26.0 Å². The van der Waals surface area contributed by atoms with Gasteiger partial charge in [0.25, 0.3) is 0 Å². The van der Waals surface area contributed by atoms with E-state index >= 15 is 0 Å². The standard InChI is InChI=1S/C20H34N4O2.HI/c1-4-8-21-20(22-9-7-19-6-5-12-26-19)23-16-18(15-17(2)3)24-10-13-25-14-11-24;/h4-6,12,17-18H,1,7-11,13-16H2,2-3H3,(H2,21,22,23);1H. The summed E-state index contributed by atoms with van der Waals surface area (Å²) in [4.78, 5) is 7.36. The molecule has 0 amide bonds. The summed E-state index contributed by atoms with van der Waals surface area (Å²) in [5, 5.41) is 6.70. The monoisotopic (exact) mass is 490 g/mol. The minimum absolute atomic E-state index is 0. The molecule has 7 heteroatoms. The average molecular weight is 490 g/mol. The van der Waals surface area contributed by atoms with Crippen molar-refractivity contribution in [2.24, 2.45) is 10.9 Å². The van der Waals surface area contributed by atoms with Crippen LogP contribution < -0.4 is 10.6 Å². The number of aliphatic imine (C=N–C) groups is 1. The molecule has 2 heterocycles. The minimum Gasteiger partial charge on any atom is -0.469 e. The van der Waals surface area contributed by atoms with Gasteiger partial charge in [-0.1, -0.05) is 19.9 Å². The summed E-state index contributed by atoms with van der Waals surface area (Å²) < 4.78 is 10.9. The first-order valence-electron chi connectivity index (χ1n) is 9.66. The van der Waals surface area contributed by atoms with Gasteiger partial charge >= 0.3 is 0 Å². The second-order valence-corrected chi connectivity index (χ2v) is 7.05. The summed E-state index contributed by atoms with van der Waals surface area (Å²) in [7, 11) is 0. The molecule has 1 atom stereocenters. The summed E-state index contributed by atoms with van der Waals surface area (Å²) in [5.74, 6) is 2.46. The molecule has 1 fully saturated rings. The van der Waals surface area contributed by atoms with Crippen molar-refractivity contribution in [2.45, 2.75) is 32.7 Å². The fourth-order valence-electron chi connectivity index (χ4n) is 3.12. The molecule has 0 bridgehead atoms. The molecular weight excluding hydrogens is 455 g/mol. The number of halogens is 1. The third-order valence-corrected chi connectivity index (χ3v) is 4.42. The zero-order valence-corrected chi connectivity index (χ0v) is 19.0. The normalized spacial score (nSPS) is 16.6. The van der Waals surface area contributed by atoms with E-state index in [9.17, 15) is 0 Å². The van der Waals surface area contributed by atoms with Crippen LogP contribution >= 0.6 is 24.0 Å². The van der Waals surface area contributed by atoms with Gasteiger partial charge in [0.1, 0.15) is 5.76 Å². The lowest BCUT2D eigenvalue weighted by atomic mass is 10.0. The smallest absolute Gasteiger partial charge is 0.191 e. The Morgan fingerprint density at radius 3 is 2.74 bits per heavy atom. The van der Waals surface area contributed by atoms with Crippen LogP contribution in [0.5, 0.6) is 0 Å². The van der Waals surface area contributed by atoms with E-state index in [1.165, 1.54) is 0 Å². The van der Waals surface area contributed by atoms with E-state index in [0.717, 1.165) is 64.0 Å². The number of furan rings is 1. The molecule has 27 heavy (non-hydrogen) atoms. The van der Waals surface area contributed by atoms with E-state index in [-0.39, 0.29) is 24.0 Å². The van der Waals surface area contributed by atoms with Crippen LogP contribution in [0.2, 0.25) is 0 Å². The molecule has 0 aliphatic carbocycles. The number of hydrogen-bond acceptors (Lipinski definition) is 4. The summed E-state index contributed by atoms with van der Waals surface area (Å²) in [6, 6.07) is 4.36. The van der Waals surface area contributed by atoms with E-state index in [0.29, 0.717) is 18.5 Å². The van der Waals surface area contributed by atoms with Crippen LogP contribution in [-0.2, 0) is 11.2 Å². The second-order valence-electron chi connectivity index (χ2n) is 7.05. The highest BCUT2D eigenvalue weighted by Crippen LogP contribution is 2.14. The number of hydrogen-bond donors (Lipinski definition) is 2. The summed E-state index contributed by atoms with van der Waals surface area (Å²) >= 11 is 0. The molecule has 154 valence electrons. The molecule has 2 rings (SSSR count). The zero-order chi connectivity index (χ0) is 18.6. The van der Waals surface area contributed by atoms with E-state index < -0.39 is 0 Å². The Morgan fingerprint density at radius 2 is 2.11 bits per heavy atom. The van der Waals surface area contributed by atoms with Gasteiger partial charge < -0.3 is 19.8 Å². The van der Waals surface area contributed by atoms with E-state index in [1.54, 1.807) is 6.26 Å². The third kappa shape index (κ3) is 9.62. The highest BCUT2D eigenvalue weighted by atomic mass is 127. The Morgan fingerprint density at radius 1 is 1.33 bits per heavy atom. The Balaban J connectivity index is 0.00000364. The SMILES string of the molecule is C=CCNC(=NCC(CC(C)C)N1CCOCC1)NCCc1ccco1.I. The quantitative estimate of drug-likeness (QED) is 0.229. The van der Waals surface area contributed by atoms with Gasteiger partial charge in [0, 0.05) is 38.6 Å². The van der Waals surface area contributed by atoms with E-state index in [4.69, 9.17) is 14.1 Å². The largest absolute Gasteiger partial charge is 0.469 e. The lowest BCUT2D eigenvalue weighted by molar-refractivity contribution is 0.0143. The molecule has 1 aromatic heterocycles. The lowest BCUT2D eigenvalue weighted by Gasteiger charge is -2.34. The topological polar surface area (TPSA) is 62.0 Å². The van der Waals surface area contributed by atoms with Crippen molar-refractivity contribution >= 4 is 29.9 Å². The first-order chi connectivity index (χ1) is 12.7. The van der Waals surface area contributed by atoms with Gasteiger partial charge in [-0.25, -0.2) is 0 Å². The molecule has 0 aromatic carbocycles. The van der Waals surface area contributed by atoms with Gasteiger partial charge in [-0.2, -0.15) is 0 Å². The Labute approximate surface area is 180 Å². The van der Waals surface area contributed by atoms with Crippen molar-refractivity contribution < 1.29 is 9.15 Å². The van der Waals surface area contributed by atoms with Gasteiger partial charge in [-0.05, 0) is 24.5 Å². The zero-order valence-electron chi connectivity index (χ0n) is 16.7. The first kappa shape index (κ1) is 24.0. The Bertz CT molecular complexity index is 528. The maximum absolute atomic E-state index is 5.50. The molecule has 0 saturated carbocycles. The molecule has 6 nitrogen and oxygen atoms in total. The van der Waals surface area contributed by atoms with E-state index in [1.807, 2.05) is 18.2 Å². The van der Waals surface area contributed by atoms with Crippen LogP contribution in [0.3, 0.4) is 0 Å². The van der Waals surface area contributed by atoms with Crippen LogP contribution in [-0.4, -0.2) is 62.8 Å². The van der Waals surface area contributed by atoms with Crippen LogP contribution in [0.4, 0.5) is 0 Å². The van der Waals surface area contributed by atoms with Crippen LogP contribution in [0, 0.1) is 5.92 Å². The molecule has 1 aliphatic rings. The number of nitrogens with one attached hydrogen (secondary N) is 2. The van der Waals surface area contributed by atoms with Crippen molar-refractivity contribution in [3.8, 4) is 0 Å². The predicted molar refractivity (Wildman–Crippen MR) is 122 cm³/mol. The van der Waals surface area contributed by atoms with Gasteiger partial charge in [0.2, 0.25) is 0 Å². The van der Waals surface area contributed by atoms with Crippen LogP contribution in [0.15, 0.2) is 40.5 Å². The summed E-state index contributed by atoms with van der Waals surface area (Å²) in [6.45, 7) is 14.2. The molecular formula is C20H35IN4O2. The molecule has 0 spiro atoms. The van der Waals surface area contributed by atoms with Crippen molar-refractivity contribution in [1.82, 2.24) is 15.5 Å². The number of rotatable bonds is 10. The van der Waals surface area contributed by atoms with Gasteiger partial charge in [0.15, 0.2) is 5.96 Å². The summed E-state index contributed by atoms with van der Waals surface area (Å²) in [5.41, 5.74) is 0. The van der Waals surface area contributed by atoms with Gasteiger partial charge in [-0.15, -0.1) is 30.6 Å². The van der Waals surface area contributed by atoms with Crippen molar-refractivity contribution in [1.29, 1.82) is 0 Å².